The molecule has 0 aliphatic carbocycles. The van der Waals surface area contributed by atoms with E-state index in [9.17, 15) is 45.6 Å². The molecule has 2 heterocycles. The summed E-state index contributed by atoms with van der Waals surface area (Å²) in [5.74, 6) is -0.211. The Kier molecular flexibility index (Phi) is 36.7. The summed E-state index contributed by atoms with van der Waals surface area (Å²) in [4.78, 5) is 13.1. The second kappa shape index (κ2) is 39.7. The average Bonchev–Trinajstić information content (AvgIpc) is 3.31. The molecule has 0 bridgehead atoms. The fourth-order valence-corrected chi connectivity index (χ4v) is 9.36. The second-order valence-electron chi connectivity index (χ2n) is 19.7. The van der Waals surface area contributed by atoms with Gasteiger partial charge in [-0.3, -0.25) is 4.79 Å². The molecule has 2 rings (SSSR count). The Morgan fingerprint density at radius 2 is 0.864 bits per heavy atom. The van der Waals surface area contributed by atoms with Crippen LogP contribution in [0, 0.1) is 0 Å². The summed E-state index contributed by atoms with van der Waals surface area (Å²) in [7, 11) is 0. The summed E-state index contributed by atoms with van der Waals surface area (Å²) in [5.41, 5.74) is 0. The number of unbranched alkanes of at least 4 members (excludes halogenated alkanes) is 30. The summed E-state index contributed by atoms with van der Waals surface area (Å²) in [5, 5.41) is 86.7. The van der Waals surface area contributed by atoms with E-state index in [0.29, 0.717) is 12.8 Å². The van der Waals surface area contributed by atoms with Gasteiger partial charge < -0.3 is 65.1 Å². The normalized spacial score (nSPS) is 26.7. The smallest absolute Gasteiger partial charge is 0.220 e. The van der Waals surface area contributed by atoms with E-state index in [4.69, 9.17) is 18.9 Å². The number of hydrogen-bond acceptors (Lipinski definition) is 13. The Balaban J connectivity index is 1.68. The third-order valence-corrected chi connectivity index (χ3v) is 13.8. The molecule has 0 aromatic rings. The molecule has 2 fully saturated rings. The average molecular weight is 948 g/mol. The highest BCUT2D eigenvalue weighted by molar-refractivity contribution is 5.76. The van der Waals surface area contributed by atoms with Crippen molar-refractivity contribution in [3.63, 3.8) is 0 Å². The zero-order valence-electron chi connectivity index (χ0n) is 41.7. The zero-order chi connectivity index (χ0) is 48.2. The van der Waals surface area contributed by atoms with E-state index in [2.05, 4.69) is 19.2 Å². The molecule has 1 amide bonds. The molecule has 12 unspecified atom stereocenters. The molecule has 0 saturated carbocycles. The number of ether oxygens (including phenoxy) is 4. The van der Waals surface area contributed by atoms with Gasteiger partial charge in [0, 0.05) is 6.42 Å². The molecule has 9 N–H and O–H groups in total. The van der Waals surface area contributed by atoms with Crippen molar-refractivity contribution in [2.75, 3.05) is 19.8 Å². The SMILES string of the molecule is CCCCCCCCCCCCCCCCCCCCCCCCCCCC(O)C(COC1OC(CO)C(OC2OC(CO)C(O)C(O)C2O)C(O)C1O)NC(=O)CCCCCCCCC. The van der Waals surface area contributed by atoms with Gasteiger partial charge >= 0.3 is 0 Å². The van der Waals surface area contributed by atoms with Crippen LogP contribution >= 0.6 is 0 Å². The van der Waals surface area contributed by atoms with E-state index in [0.717, 1.165) is 51.4 Å². The summed E-state index contributed by atoms with van der Waals surface area (Å²) in [6, 6.07) is -0.819. The molecule has 0 spiro atoms. The van der Waals surface area contributed by atoms with Crippen LogP contribution in [0.25, 0.3) is 0 Å². The Hall–Kier alpha value is -1.01. The van der Waals surface area contributed by atoms with Gasteiger partial charge in [0.1, 0.15) is 48.8 Å². The topological polar surface area (TPSA) is 228 Å². The van der Waals surface area contributed by atoms with Crippen LogP contribution in [-0.4, -0.2) is 140 Å². The lowest BCUT2D eigenvalue weighted by Gasteiger charge is -2.46. The van der Waals surface area contributed by atoms with Gasteiger partial charge in [-0.15, -0.1) is 0 Å². The summed E-state index contributed by atoms with van der Waals surface area (Å²) < 4.78 is 22.7. The number of aliphatic hydroxyl groups excluding tert-OH is 8. The molecule has 0 aromatic heterocycles. The largest absolute Gasteiger partial charge is 0.394 e. The molecular formula is C52H101NO13. The molecule has 14 nitrogen and oxygen atoms in total. The van der Waals surface area contributed by atoms with Crippen molar-refractivity contribution in [3.05, 3.63) is 0 Å². The van der Waals surface area contributed by atoms with Gasteiger partial charge in [-0.25, -0.2) is 0 Å². The number of nitrogens with one attached hydrogen (secondary N) is 1. The highest BCUT2D eigenvalue weighted by Crippen LogP contribution is 2.30. The van der Waals surface area contributed by atoms with Gasteiger partial charge in [-0.05, 0) is 12.8 Å². The molecular weight excluding hydrogens is 847 g/mol. The van der Waals surface area contributed by atoms with E-state index in [1.54, 1.807) is 0 Å². The van der Waals surface area contributed by atoms with Crippen LogP contribution in [0.3, 0.4) is 0 Å². The maximum atomic E-state index is 13.1. The number of carbonyl (C=O) groups is 1. The minimum Gasteiger partial charge on any atom is -0.394 e. The Morgan fingerprint density at radius 3 is 1.29 bits per heavy atom. The van der Waals surface area contributed by atoms with Gasteiger partial charge in [0.25, 0.3) is 0 Å². The van der Waals surface area contributed by atoms with Crippen molar-refractivity contribution in [3.8, 4) is 0 Å². The van der Waals surface area contributed by atoms with Crippen molar-refractivity contribution >= 4 is 5.91 Å². The predicted molar refractivity (Wildman–Crippen MR) is 259 cm³/mol. The molecule has 12 atom stereocenters. The van der Waals surface area contributed by atoms with E-state index in [1.807, 2.05) is 0 Å². The minimum atomic E-state index is -1.78. The lowest BCUT2D eigenvalue weighted by Crippen LogP contribution is -2.65. The summed E-state index contributed by atoms with van der Waals surface area (Å²) in [6.07, 6.45) is 24.4. The third kappa shape index (κ3) is 26.3. The molecule has 2 aliphatic heterocycles. The molecule has 2 aliphatic rings. The van der Waals surface area contributed by atoms with E-state index in [-0.39, 0.29) is 12.5 Å². The van der Waals surface area contributed by atoms with Crippen molar-refractivity contribution in [2.24, 2.45) is 0 Å². The Morgan fingerprint density at radius 1 is 0.485 bits per heavy atom. The van der Waals surface area contributed by atoms with Crippen LogP contribution in [0.2, 0.25) is 0 Å². The number of hydrogen-bond donors (Lipinski definition) is 9. The first-order valence-corrected chi connectivity index (χ1v) is 27.3. The lowest BCUT2D eigenvalue weighted by molar-refractivity contribution is -0.359. The highest BCUT2D eigenvalue weighted by Gasteiger charge is 2.51. The molecule has 66 heavy (non-hydrogen) atoms. The number of carbonyl (C=O) groups excluding carboxylic acids is 1. The van der Waals surface area contributed by atoms with E-state index >= 15 is 0 Å². The van der Waals surface area contributed by atoms with Gasteiger partial charge in [0.05, 0.1) is 32.0 Å². The van der Waals surface area contributed by atoms with Gasteiger partial charge in [0.2, 0.25) is 5.91 Å². The maximum absolute atomic E-state index is 13.1. The predicted octanol–water partition coefficient (Wildman–Crippen LogP) is 7.78. The van der Waals surface area contributed by atoms with Gasteiger partial charge in [0.15, 0.2) is 12.6 Å². The van der Waals surface area contributed by atoms with Crippen molar-refractivity contribution in [2.45, 2.75) is 306 Å². The van der Waals surface area contributed by atoms with Crippen LogP contribution < -0.4 is 5.32 Å². The van der Waals surface area contributed by atoms with Crippen LogP contribution in [0.5, 0.6) is 0 Å². The van der Waals surface area contributed by atoms with E-state index < -0.39 is 86.8 Å². The van der Waals surface area contributed by atoms with Crippen molar-refractivity contribution < 1.29 is 64.6 Å². The molecule has 0 aromatic carbocycles. The number of rotatable bonds is 43. The van der Waals surface area contributed by atoms with Crippen LogP contribution in [0.1, 0.15) is 232 Å². The van der Waals surface area contributed by atoms with E-state index in [1.165, 1.54) is 154 Å². The molecule has 2 saturated heterocycles. The summed E-state index contributed by atoms with van der Waals surface area (Å²) in [6.45, 7) is 2.82. The second-order valence-corrected chi connectivity index (χ2v) is 19.7. The fraction of sp³-hybridized carbons (Fsp3) is 0.981. The molecule has 0 radical (unpaired) electrons. The van der Waals surface area contributed by atoms with Gasteiger partial charge in [-0.2, -0.15) is 0 Å². The monoisotopic (exact) mass is 948 g/mol. The lowest BCUT2D eigenvalue weighted by atomic mass is 9.97. The Bertz CT molecular complexity index is 1120. The minimum absolute atomic E-state index is 0.211. The third-order valence-electron chi connectivity index (χ3n) is 13.8. The first-order chi connectivity index (χ1) is 32.1. The highest BCUT2D eigenvalue weighted by atomic mass is 16.7. The maximum Gasteiger partial charge on any atom is 0.220 e. The van der Waals surface area contributed by atoms with Crippen LogP contribution in [0.4, 0.5) is 0 Å². The fourth-order valence-electron chi connectivity index (χ4n) is 9.36. The molecule has 392 valence electrons. The summed E-state index contributed by atoms with van der Waals surface area (Å²) >= 11 is 0. The Labute approximate surface area is 400 Å². The van der Waals surface area contributed by atoms with Crippen LogP contribution in [-0.2, 0) is 23.7 Å². The quantitative estimate of drug-likeness (QED) is 0.0267. The van der Waals surface area contributed by atoms with Crippen molar-refractivity contribution in [1.82, 2.24) is 5.32 Å². The first kappa shape index (κ1) is 61.1. The van der Waals surface area contributed by atoms with Gasteiger partial charge in [-0.1, -0.05) is 213 Å². The molecule has 14 heteroatoms. The zero-order valence-corrected chi connectivity index (χ0v) is 41.7. The standard InChI is InChI=1S/C52H101NO13/c1-3-5-7-9-11-12-13-14-15-16-17-18-19-20-21-22-23-24-25-26-27-28-30-31-33-35-41(56)40(53-44(57)36-34-32-29-10-8-6-4-2)39-63-51-49(62)47(60)50(43(38-55)65-51)66-52-48(61)46(59)45(58)42(37-54)64-52/h40-43,45-52,54-56,58-62H,3-39H2,1-2H3,(H,53,57). The first-order valence-electron chi connectivity index (χ1n) is 27.3. The van der Waals surface area contributed by atoms with Crippen LogP contribution in [0.15, 0.2) is 0 Å². The number of aliphatic hydroxyl groups is 8. The number of amides is 1. The van der Waals surface area contributed by atoms with Crippen molar-refractivity contribution in [1.29, 1.82) is 0 Å².